The molecule has 0 radical (unpaired) electrons. The summed E-state index contributed by atoms with van der Waals surface area (Å²) in [7, 11) is 0. The van der Waals surface area contributed by atoms with Crippen LogP contribution in [0.5, 0.6) is 5.88 Å². The monoisotopic (exact) mass is 547 g/mol. The van der Waals surface area contributed by atoms with Crippen LogP contribution >= 0.6 is 0 Å². The number of aliphatic carboxylic acids is 1. The number of aromatic hydroxyl groups is 1. The maximum atomic E-state index is 13.8. The van der Waals surface area contributed by atoms with Crippen molar-refractivity contribution in [3.8, 4) is 5.88 Å². The Bertz CT molecular complexity index is 1440. The molecule has 1 heterocycles. The van der Waals surface area contributed by atoms with E-state index < -0.39 is 71.0 Å². The first kappa shape index (κ1) is 28.9. The van der Waals surface area contributed by atoms with E-state index in [1.165, 1.54) is 6.92 Å². The van der Waals surface area contributed by atoms with Gasteiger partial charge in [0.15, 0.2) is 5.78 Å². The summed E-state index contributed by atoms with van der Waals surface area (Å²) in [6.45, 7) is 0.170. The van der Waals surface area contributed by atoms with Crippen molar-refractivity contribution in [1.29, 1.82) is 0 Å². The normalized spacial score (nSPS) is 18.0. The minimum absolute atomic E-state index is 0.0220. The maximum absolute atomic E-state index is 13.8. The molecule has 0 saturated heterocycles. The molecule has 0 atom stereocenters. The Morgan fingerprint density at radius 3 is 2.26 bits per heavy atom. The van der Waals surface area contributed by atoms with E-state index in [1.54, 1.807) is 4.98 Å². The van der Waals surface area contributed by atoms with Crippen molar-refractivity contribution < 1.29 is 33.4 Å². The number of hydrogen-bond donors (Lipinski definition) is 5. The van der Waals surface area contributed by atoms with Gasteiger partial charge in [-0.3, -0.25) is 34.1 Å². The lowest BCUT2D eigenvalue weighted by atomic mass is 9.86. The molecule has 14 heteroatoms. The smallest absolute Gasteiger partial charge is 0.328 e. The summed E-state index contributed by atoms with van der Waals surface area (Å²) in [6.07, 6.45) is 2.72. The predicted octanol–water partition coefficient (Wildman–Crippen LogP) is 1.21. The third-order valence-electron chi connectivity index (χ3n) is 6.33. The Morgan fingerprint density at radius 1 is 1.10 bits per heavy atom. The number of rotatable bonds is 9. The number of aromatic amines is 2. The molecule has 1 fully saturated rings. The fraction of sp³-hybridized carbons (Fsp3) is 0.360. The molecule has 0 spiro atoms. The highest BCUT2D eigenvalue weighted by Gasteiger charge is 2.29. The Hall–Kier alpha value is -4.62. The number of nitrogens with zero attached hydrogens (tertiary/aromatic N) is 2. The van der Waals surface area contributed by atoms with Crippen LogP contribution in [0.1, 0.15) is 48.5 Å². The van der Waals surface area contributed by atoms with E-state index in [4.69, 9.17) is 5.73 Å². The minimum atomic E-state index is -1.20. The number of carbonyl (C=O) groups excluding carboxylic acids is 2. The number of carbonyl (C=O) groups is 3. The van der Waals surface area contributed by atoms with Gasteiger partial charge in [-0.05, 0) is 50.3 Å². The van der Waals surface area contributed by atoms with E-state index in [1.807, 2.05) is 4.98 Å². The average molecular weight is 548 g/mol. The zero-order valence-electron chi connectivity index (χ0n) is 20.9. The first-order chi connectivity index (χ1) is 18.4. The van der Waals surface area contributed by atoms with Crippen LogP contribution in [0.25, 0.3) is 0 Å². The number of H-pyrrole nitrogens is 2. The Balaban J connectivity index is 1.92. The number of halogens is 2. The van der Waals surface area contributed by atoms with Gasteiger partial charge in [-0.1, -0.05) is 0 Å². The average Bonchev–Trinajstić information content (AvgIpc) is 2.83. The molecule has 1 aliphatic rings. The Labute approximate surface area is 219 Å². The van der Waals surface area contributed by atoms with Crippen LogP contribution in [0.2, 0.25) is 0 Å². The summed E-state index contributed by atoms with van der Waals surface area (Å²) in [5, 5.41) is 19.1. The molecule has 0 aliphatic heterocycles. The zero-order valence-corrected chi connectivity index (χ0v) is 20.9. The van der Waals surface area contributed by atoms with Gasteiger partial charge in [0.2, 0.25) is 5.88 Å². The Morgan fingerprint density at radius 2 is 1.72 bits per heavy atom. The second-order valence-electron chi connectivity index (χ2n) is 9.13. The third kappa shape index (κ3) is 7.24. The van der Waals surface area contributed by atoms with Crippen molar-refractivity contribution >= 4 is 23.4 Å². The number of ketones is 1. The van der Waals surface area contributed by atoms with Crippen LogP contribution in [0.15, 0.2) is 44.6 Å². The molecule has 0 bridgehead atoms. The number of nitrogens with one attached hydrogen (secondary N) is 2. The lowest BCUT2D eigenvalue weighted by molar-refractivity contribution is -0.142. The molecule has 6 N–H and O–H groups in total. The fourth-order valence-corrected chi connectivity index (χ4v) is 4.42. The first-order valence-corrected chi connectivity index (χ1v) is 11.9. The molecule has 12 nitrogen and oxygen atoms in total. The summed E-state index contributed by atoms with van der Waals surface area (Å²) in [5.74, 6) is -6.16. The largest absolute Gasteiger partial charge is 0.494 e. The van der Waals surface area contributed by atoms with Gasteiger partial charge in [0.1, 0.15) is 17.2 Å². The summed E-state index contributed by atoms with van der Waals surface area (Å²) >= 11 is 0. The van der Waals surface area contributed by atoms with Gasteiger partial charge >= 0.3 is 11.7 Å². The Kier molecular flexibility index (Phi) is 9.12. The molecule has 1 aromatic heterocycles. The maximum Gasteiger partial charge on any atom is 0.328 e. The molecule has 1 saturated carbocycles. The molecule has 3 rings (SSSR count). The van der Waals surface area contributed by atoms with Gasteiger partial charge in [-0.15, -0.1) is 0 Å². The molecule has 2 aromatic rings. The van der Waals surface area contributed by atoms with Gasteiger partial charge in [0.25, 0.3) is 11.5 Å². The van der Waals surface area contributed by atoms with Gasteiger partial charge in [-0.2, -0.15) is 0 Å². The van der Waals surface area contributed by atoms with Crippen LogP contribution in [0, 0.1) is 17.6 Å². The van der Waals surface area contributed by atoms with Crippen LogP contribution in [-0.4, -0.2) is 61.0 Å². The minimum Gasteiger partial charge on any atom is -0.494 e. The molecule has 1 aromatic carbocycles. The fourth-order valence-electron chi connectivity index (χ4n) is 4.42. The summed E-state index contributed by atoms with van der Waals surface area (Å²) in [6, 6.07) is 2.25. The second-order valence-corrected chi connectivity index (χ2v) is 9.13. The number of aromatic nitrogens is 2. The van der Waals surface area contributed by atoms with Gasteiger partial charge < -0.3 is 20.8 Å². The third-order valence-corrected chi connectivity index (χ3v) is 6.33. The van der Waals surface area contributed by atoms with Crippen molar-refractivity contribution in [3.05, 3.63) is 73.6 Å². The summed E-state index contributed by atoms with van der Waals surface area (Å²) in [5.41, 5.74) is 2.67. The molecular weight excluding hydrogens is 520 g/mol. The number of hydrogen-bond acceptors (Lipinski definition) is 8. The topological polar surface area (TPSA) is 199 Å². The number of benzene rings is 1. The molecular formula is C25H27F2N5O7. The van der Waals surface area contributed by atoms with Gasteiger partial charge in [-0.25, -0.2) is 13.6 Å². The predicted molar refractivity (Wildman–Crippen MR) is 134 cm³/mol. The van der Waals surface area contributed by atoms with Gasteiger partial charge in [0, 0.05) is 24.5 Å². The highest BCUT2D eigenvalue weighted by atomic mass is 19.1. The molecule has 1 amide bonds. The van der Waals surface area contributed by atoms with Crippen LogP contribution in [-0.2, 0) is 16.1 Å². The molecule has 208 valence electrons. The highest BCUT2D eigenvalue weighted by molar-refractivity contribution is 6.21. The number of nitrogens with two attached hydrogens (primary N) is 1. The van der Waals surface area contributed by atoms with E-state index in [2.05, 4.69) is 4.99 Å². The van der Waals surface area contributed by atoms with Crippen molar-refractivity contribution in [1.82, 2.24) is 14.9 Å². The molecule has 39 heavy (non-hydrogen) atoms. The number of carboxylic acids is 1. The SMILES string of the molecule is CC(=NC1CCC(C(=O)O)CC1)C(=CN)C(=O)N(CC(=O)c1c(O)[nH]c(=O)[nH]c1=O)Cc1cc(F)cc(F)c1. The zero-order chi connectivity index (χ0) is 28.9. The van der Waals surface area contributed by atoms with Crippen molar-refractivity contribution in [2.75, 3.05) is 6.54 Å². The van der Waals surface area contributed by atoms with Crippen molar-refractivity contribution in [2.24, 2.45) is 16.6 Å². The van der Waals surface area contributed by atoms with E-state index in [-0.39, 0.29) is 22.9 Å². The van der Waals surface area contributed by atoms with Crippen molar-refractivity contribution in [3.63, 3.8) is 0 Å². The van der Waals surface area contributed by atoms with E-state index >= 15 is 0 Å². The van der Waals surface area contributed by atoms with Crippen LogP contribution in [0.3, 0.4) is 0 Å². The molecule has 0 unspecified atom stereocenters. The second kappa shape index (κ2) is 12.3. The quantitative estimate of drug-likeness (QED) is 0.175. The van der Waals surface area contributed by atoms with Crippen molar-refractivity contribution in [2.45, 2.75) is 45.2 Å². The number of Topliss-reactive ketones (excluding diaryl/α,β-unsaturated/α-hetero) is 1. The van der Waals surface area contributed by atoms with E-state index in [0.29, 0.717) is 31.7 Å². The molecule has 1 aliphatic carbocycles. The number of amides is 1. The summed E-state index contributed by atoms with van der Waals surface area (Å²) in [4.78, 5) is 70.2. The standard InChI is InChI=1S/C25H27F2N5O7/c1-12(29-17-4-2-14(3-5-17)24(37)38)18(9-28)23(36)32(10-13-6-15(26)8-16(27)7-13)11-19(33)20-21(34)30-25(39)31-22(20)35/h6-9,14,17H,2-5,10-11,28H2,1H3,(H,37,38)(H3,30,31,34,35,39). The lowest BCUT2D eigenvalue weighted by Gasteiger charge is -2.26. The summed E-state index contributed by atoms with van der Waals surface area (Å²) < 4.78 is 27.7. The lowest BCUT2D eigenvalue weighted by Crippen LogP contribution is -2.40. The van der Waals surface area contributed by atoms with Crippen LogP contribution < -0.4 is 17.0 Å². The first-order valence-electron chi connectivity index (χ1n) is 11.9. The van der Waals surface area contributed by atoms with E-state index in [9.17, 15) is 43.0 Å². The van der Waals surface area contributed by atoms with E-state index in [0.717, 1.165) is 23.2 Å². The van der Waals surface area contributed by atoms with Gasteiger partial charge in [0.05, 0.1) is 24.1 Å². The highest BCUT2D eigenvalue weighted by Crippen LogP contribution is 2.27. The number of carboxylic acid groups (broad SMARTS) is 1. The number of aliphatic imine (C=N–C) groups is 1. The van der Waals surface area contributed by atoms with Crippen LogP contribution in [0.4, 0.5) is 8.78 Å².